The molecule has 0 spiro atoms. The average molecular weight is 527 g/mol. The normalized spacial score (nSPS) is 16.6. The summed E-state index contributed by atoms with van der Waals surface area (Å²) in [6.45, 7) is 4.65. The third-order valence-corrected chi connectivity index (χ3v) is 6.56. The van der Waals surface area contributed by atoms with E-state index in [0.717, 1.165) is 43.0 Å². The lowest BCUT2D eigenvalue weighted by Crippen LogP contribution is -2.50. The van der Waals surface area contributed by atoms with E-state index in [1.54, 1.807) is 28.5 Å². The summed E-state index contributed by atoms with van der Waals surface area (Å²) in [6.07, 6.45) is -0.119. The Morgan fingerprint density at radius 3 is 2.25 bits per heavy atom. The van der Waals surface area contributed by atoms with Crippen LogP contribution in [-0.4, -0.2) is 88.7 Å². The molecule has 2 aliphatic rings. The van der Waals surface area contributed by atoms with Gasteiger partial charge < -0.3 is 20.0 Å². The Hall–Kier alpha value is -3.45. The van der Waals surface area contributed by atoms with E-state index in [2.05, 4.69) is 14.8 Å². The molecule has 13 heteroatoms. The average Bonchev–Trinajstić information content (AvgIpc) is 3.40. The summed E-state index contributed by atoms with van der Waals surface area (Å²) in [6, 6.07) is 5.39. The van der Waals surface area contributed by atoms with Crippen molar-refractivity contribution in [2.45, 2.75) is 12.6 Å². The van der Waals surface area contributed by atoms with Gasteiger partial charge in [0.15, 0.2) is 5.13 Å². The highest BCUT2D eigenvalue weighted by Crippen LogP contribution is 2.32. The lowest BCUT2D eigenvalue weighted by molar-refractivity contribution is -0.159. The summed E-state index contributed by atoms with van der Waals surface area (Å²) in [7, 11) is 0. The molecule has 0 bridgehead atoms. The number of thiazole rings is 1. The predicted molar refractivity (Wildman–Crippen MR) is 127 cm³/mol. The molecule has 0 aliphatic carbocycles. The molecule has 1 amide bonds. The van der Waals surface area contributed by atoms with Crippen LogP contribution in [0.5, 0.6) is 0 Å². The molecular formula is C23H25F3N4O5S. The number of benzene rings is 1. The van der Waals surface area contributed by atoms with Gasteiger partial charge in [-0.1, -0.05) is 18.2 Å². The molecule has 36 heavy (non-hydrogen) atoms. The molecule has 2 aliphatic heterocycles. The Balaban J connectivity index is 0.000000538. The van der Waals surface area contributed by atoms with Crippen LogP contribution in [0.3, 0.4) is 0 Å². The quantitative estimate of drug-likeness (QED) is 0.585. The number of nitrogens with zero attached hydrogens (tertiary/aromatic N) is 4. The number of rotatable bonds is 4. The summed E-state index contributed by atoms with van der Waals surface area (Å²) in [5, 5.41) is 17.8. The topological polar surface area (TPSA) is 114 Å². The number of anilines is 1. The van der Waals surface area contributed by atoms with Gasteiger partial charge in [0.05, 0.1) is 12.1 Å². The first-order valence-electron chi connectivity index (χ1n) is 11.0. The number of amides is 1. The molecule has 0 radical (unpaired) electrons. The lowest BCUT2D eigenvalue weighted by atomic mass is 9.97. The summed E-state index contributed by atoms with van der Waals surface area (Å²) >= 11 is 1.62. The number of carbonyl (C=O) groups excluding carboxylic acids is 1. The van der Waals surface area contributed by atoms with E-state index >= 15 is 0 Å². The summed E-state index contributed by atoms with van der Waals surface area (Å²) in [5.41, 5.74) is 0.800. The molecule has 194 valence electrons. The fourth-order valence-corrected chi connectivity index (χ4v) is 4.51. The molecule has 1 aromatic heterocycles. The van der Waals surface area contributed by atoms with Crippen LogP contribution in [0.2, 0.25) is 0 Å². The highest BCUT2D eigenvalue weighted by molar-refractivity contribution is 7.13. The van der Waals surface area contributed by atoms with Crippen molar-refractivity contribution in [1.29, 1.82) is 0 Å². The maximum atomic E-state index is 12.9. The zero-order valence-corrected chi connectivity index (χ0v) is 20.0. The van der Waals surface area contributed by atoms with E-state index < -0.39 is 23.7 Å². The minimum absolute atomic E-state index is 0.0667. The van der Waals surface area contributed by atoms with Gasteiger partial charge in [0, 0.05) is 50.8 Å². The van der Waals surface area contributed by atoms with Crippen LogP contribution in [-0.2, 0) is 20.6 Å². The van der Waals surface area contributed by atoms with Crippen molar-refractivity contribution < 1.29 is 37.8 Å². The van der Waals surface area contributed by atoms with Gasteiger partial charge in [0.25, 0.3) is 0 Å². The van der Waals surface area contributed by atoms with Crippen LogP contribution in [0, 0.1) is 0 Å². The van der Waals surface area contributed by atoms with Crippen LogP contribution in [0.15, 0.2) is 41.9 Å². The van der Waals surface area contributed by atoms with Gasteiger partial charge in [-0.15, -0.1) is 11.3 Å². The SMILES string of the molecule is O=C(CN1CCN(c2nccs2)CC1)N1CC=C(c2cccc(C(F)(F)F)c2)CC1.O=C(O)C(=O)O. The van der Waals surface area contributed by atoms with Gasteiger partial charge in [-0.3, -0.25) is 9.69 Å². The van der Waals surface area contributed by atoms with Crippen LogP contribution in [0.25, 0.3) is 5.57 Å². The fraction of sp³-hybridized carbons (Fsp3) is 0.391. The third-order valence-electron chi connectivity index (χ3n) is 5.73. The standard InChI is InChI=1S/C21H23F3N4OS.C2H2O4/c22-21(23,24)18-3-1-2-17(14-18)16-4-7-27(8-5-16)19(29)15-26-9-11-28(12-10-26)20-25-6-13-30-20;3-1(4)2(5)6/h1-4,6,13-14H,5,7-12,15H2;(H,3,4)(H,5,6). The van der Waals surface area contributed by atoms with Crippen molar-refractivity contribution in [3.8, 4) is 0 Å². The maximum absolute atomic E-state index is 12.9. The molecule has 3 heterocycles. The van der Waals surface area contributed by atoms with Crippen molar-refractivity contribution in [2.75, 3.05) is 50.7 Å². The number of alkyl halides is 3. The molecule has 9 nitrogen and oxygen atoms in total. The molecule has 2 aromatic rings. The van der Waals surface area contributed by atoms with Gasteiger partial charge >= 0.3 is 18.1 Å². The molecular weight excluding hydrogens is 501 g/mol. The zero-order valence-electron chi connectivity index (χ0n) is 19.1. The second-order valence-corrected chi connectivity index (χ2v) is 8.96. The van der Waals surface area contributed by atoms with Crippen molar-refractivity contribution >= 4 is 39.9 Å². The number of hydrogen-bond donors (Lipinski definition) is 2. The molecule has 0 saturated carbocycles. The first kappa shape index (κ1) is 27.1. The first-order chi connectivity index (χ1) is 17.0. The van der Waals surface area contributed by atoms with E-state index in [4.69, 9.17) is 19.8 Å². The third kappa shape index (κ3) is 7.52. The number of carbonyl (C=O) groups is 3. The van der Waals surface area contributed by atoms with Crippen molar-refractivity contribution in [2.24, 2.45) is 0 Å². The zero-order chi connectivity index (χ0) is 26.3. The Kier molecular flexibility index (Phi) is 9.04. The lowest BCUT2D eigenvalue weighted by Gasteiger charge is -2.35. The monoisotopic (exact) mass is 526 g/mol. The van der Waals surface area contributed by atoms with Crippen molar-refractivity contribution in [1.82, 2.24) is 14.8 Å². The maximum Gasteiger partial charge on any atom is 0.416 e. The minimum atomic E-state index is -4.35. The van der Waals surface area contributed by atoms with Gasteiger partial charge in [-0.2, -0.15) is 13.2 Å². The second-order valence-electron chi connectivity index (χ2n) is 8.09. The van der Waals surface area contributed by atoms with E-state index in [1.165, 1.54) is 12.1 Å². The van der Waals surface area contributed by atoms with E-state index in [9.17, 15) is 18.0 Å². The van der Waals surface area contributed by atoms with Gasteiger partial charge in [-0.25, -0.2) is 14.6 Å². The molecule has 1 fully saturated rings. The minimum Gasteiger partial charge on any atom is -0.473 e. The van der Waals surface area contributed by atoms with Gasteiger partial charge in [0.1, 0.15) is 0 Å². The molecule has 2 N–H and O–H groups in total. The summed E-state index contributed by atoms with van der Waals surface area (Å²) in [4.78, 5) is 41.4. The number of carboxylic acids is 2. The number of carboxylic acid groups (broad SMARTS) is 2. The van der Waals surface area contributed by atoms with Gasteiger partial charge in [0.2, 0.25) is 5.91 Å². The molecule has 0 atom stereocenters. The number of piperazine rings is 1. The van der Waals surface area contributed by atoms with Crippen LogP contribution >= 0.6 is 11.3 Å². The first-order valence-corrected chi connectivity index (χ1v) is 11.9. The van der Waals surface area contributed by atoms with E-state index in [0.29, 0.717) is 31.6 Å². The Morgan fingerprint density at radius 2 is 1.72 bits per heavy atom. The Bertz CT molecular complexity index is 1090. The molecule has 4 rings (SSSR count). The predicted octanol–water partition coefficient (Wildman–Crippen LogP) is 2.76. The number of halogens is 3. The van der Waals surface area contributed by atoms with E-state index in [-0.39, 0.29) is 5.91 Å². The number of aromatic nitrogens is 1. The Morgan fingerprint density at radius 1 is 1.03 bits per heavy atom. The smallest absolute Gasteiger partial charge is 0.416 e. The molecule has 0 unspecified atom stereocenters. The Labute approximate surface area is 209 Å². The van der Waals surface area contributed by atoms with E-state index in [1.807, 2.05) is 11.5 Å². The van der Waals surface area contributed by atoms with Gasteiger partial charge in [-0.05, 0) is 29.7 Å². The summed E-state index contributed by atoms with van der Waals surface area (Å²) in [5.74, 6) is -3.58. The highest BCUT2D eigenvalue weighted by atomic mass is 32.1. The van der Waals surface area contributed by atoms with Crippen LogP contribution in [0.1, 0.15) is 17.5 Å². The highest BCUT2D eigenvalue weighted by Gasteiger charge is 2.31. The largest absolute Gasteiger partial charge is 0.473 e. The van der Waals surface area contributed by atoms with Crippen LogP contribution < -0.4 is 4.90 Å². The molecule has 1 saturated heterocycles. The number of hydrogen-bond acceptors (Lipinski definition) is 7. The molecule has 1 aromatic carbocycles. The van der Waals surface area contributed by atoms with Crippen molar-refractivity contribution in [3.63, 3.8) is 0 Å². The van der Waals surface area contributed by atoms with Crippen molar-refractivity contribution in [3.05, 3.63) is 53.0 Å². The second kappa shape index (κ2) is 12.0. The fourth-order valence-electron chi connectivity index (χ4n) is 3.81. The summed E-state index contributed by atoms with van der Waals surface area (Å²) < 4.78 is 38.8. The van der Waals surface area contributed by atoms with Crippen LogP contribution in [0.4, 0.5) is 18.3 Å². The number of aliphatic carboxylic acids is 2.